The van der Waals surface area contributed by atoms with Crippen molar-refractivity contribution in [3.63, 3.8) is 0 Å². The van der Waals surface area contributed by atoms with Crippen LogP contribution in [-0.4, -0.2) is 22.9 Å². The molecule has 0 saturated carbocycles. The van der Waals surface area contributed by atoms with Gasteiger partial charge in [-0.1, -0.05) is 6.07 Å². The monoisotopic (exact) mass is 314 g/mol. The van der Waals surface area contributed by atoms with Crippen LogP contribution in [0.1, 0.15) is 44.9 Å². The molecule has 0 atom stereocenters. The molecule has 0 aliphatic heterocycles. The molecule has 3 rings (SSSR count). The molecule has 0 bridgehead atoms. The van der Waals surface area contributed by atoms with E-state index in [0.29, 0.717) is 17.7 Å². The number of thioether (sulfide) groups is 1. The van der Waals surface area contributed by atoms with E-state index >= 15 is 0 Å². The summed E-state index contributed by atoms with van der Waals surface area (Å²) in [5.74, 6) is -0.0589. The summed E-state index contributed by atoms with van der Waals surface area (Å²) in [5, 5.41) is 2.90. The molecule has 1 aromatic carbocycles. The molecule has 1 amide bonds. The molecule has 22 heavy (non-hydrogen) atoms. The molecular formula is C17H18N2O2S. The molecule has 1 aliphatic rings. The number of aromatic nitrogens is 1. The van der Waals surface area contributed by atoms with Crippen LogP contribution in [0.15, 0.2) is 29.2 Å². The standard InChI is InChI=1S/C17H18N2O2S/c1-10-15-13(7-4-8-14(15)20)19-16(10)17(21)18-11-5-3-6-12(9-11)22-2/h3,5-6,9,19H,4,7-8H2,1-2H3,(H,18,21). The van der Waals surface area contributed by atoms with Gasteiger partial charge in [0.05, 0.1) is 0 Å². The number of carbonyl (C=O) groups excluding carboxylic acids is 2. The zero-order chi connectivity index (χ0) is 15.7. The van der Waals surface area contributed by atoms with Crippen LogP contribution >= 0.6 is 11.8 Å². The topological polar surface area (TPSA) is 62.0 Å². The van der Waals surface area contributed by atoms with Gasteiger partial charge in [-0.3, -0.25) is 9.59 Å². The zero-order valence-corrected chi connectivity index (χ0v) is 13.5. The molecule has 1 aromatic heterocycles. The third-order valence-corrected chi connectivity index (χ3v) is 4.72. The maximum Gasteiger partial charge on any atom is 0.272 e. The highest BCUT2D eigenvalue weighted by molar-refractivity contribution is 7.98. The van der Waals surface area contributed by atoms with Gasteiger partial charge in [0.15, 0.2) is 5.78 Å². The first-order valence-corrected chi connectivity index (χ1v) is 8.52. The molecule has 2 aromatic rings. The van der Waals surface area contributed by atoms with Crippen LogP contribution in [0.2, 0.25) is 0 Å². The highest BCUT2D eigenvalue weighted by Crippen LogP contribution is 2.27. The third kappa shape index (κ3) is 2.68. The molecule has 0 saturated heterocycles. The van der Waals surface area contributed by atoms with Crippen molar-refractivity contribution in [3.05, 3.63) is 46.8 Å². The van der Waals surface area contributed by atoms with Gasteiger partial charge in [-0.15, -0.1) is 11.8 Å². The average Bonchev–Trinajstić information content (AvgIpc) is 2.86. The fraction of sp³-hybridized carbons (Fsp3) is 0.294. The summed E-state index contributed by atoms with van der Waals surface area (Å²) in [6.45, 7) is 1.84. The number of hydrogen-bond donors (Lipinski definition) is 2. The van der Waals surface area contributed by atoms with Gasteiger partial charge >= 0.3 is 0 Å². The third-order valence-electron chi connectivity index (χ3n) is 3.99. The van der Waals surface area contributed by atoms with E-state index in [2.05, 4.69) is 10.3 Å². The van der Waals surface area contributed by atoms with Gasteiger partial charge in [-0.2, -0.15) is 0 Å². The predicted octanol–water partition coefficient (Wildman–Crippen LogP) is 3.82. The van der Waals surface area contributed by atoms with Crippen molar-refractivity contribution in [1.29, 1.82) is 0 Å². The minimum absolute atomic E-state index is 0.137. The number of benzene rings is 1. The van der Waals surface area contributed by atoms with E-state index in [4.69, 9.17) is 0 Å². The number of Topliss-reactive ketones (excluding diaryl/α,β-unsaturated/α-hetero) is 1. The summed E-state index contributed by atoms with van der Waals surface area (Å²) in [7, 11) is 0. The fourth-order valence-electron chi connectivity index (χ4n) is 2.90. The number of rotatable bonds is 3. The van der Waals surface area contributed by atoms with E-state index in [1.807, 2.05) is 37.4 Å². The number of nitrogens with one attached hydrogen (secondary N) is 2. The number of hydrogen-bond acceptors (Lipinski definition) is 3. The summed E-state index contributed by atoms with van der Waals surface area (Å²) in [6.07, 6.45) is 4.25. The zero-order valence-electron chi connectivity index (χ0n) is 12.7. The summed E-state index contributed by atoms with van der Waals surface area (Å²) in [5.41, 5.74) is 3.63. The molecule has 0 spiro atoms. The molecule has 0 unspecified atom stereocenters. The molecule has 4 nitrogen and oxygen atoms in total. The Kier molecular flexibility index (Phi) is 4.07. The second-order valence-corrected chi connectivity index (χ2v) is 6.32. The number of anilines is 1. The molecule has 0 fully saturated rings. The number of H-pyrrole nitrogens is 1. The number of fused-ring (bicyclic) bond motifs is 1. The molecule has 5 heteroatoms. The van der Waals surface area contributed by atoms with E-state index in [1.165, 1.54) is 0 Å². The van der Waals surface area contributed by atoms with Crippen molar-refractivity contribution in [2.45, 2.75) is 31.1 Å². The van der Waals surface area contributed by atoms with E-state index < -0.39 is 0 Å². The van der Waals surface area contributed by atoms with E-state index in [0.717, 1.165) is 34.7 Å². The maximum atomic E-state index is 12.5. The Morgan fingerprint density at radius 1 is 1.32 bits per heavy atom. The predicted molar refractivity (Wildman–Crippen MR) is 89.0 cm³/mol. The Hall–Kier alpha value is -2.01. The van der Waals surface area contributed by atoms with Gasteiger partial charge in [-0.05, 0) is 49.8 Å². The Balaban J connectivity index is 1.88. The summed E-state index contributed by atoms with van der Waals surface area (Å²) >= 11 is 1.63. The van der Waals surface area contributed by atoms with Crippen molar-refractivity contribution < 1.29 is 9.59 Å². The molecule has 2 N–H and O–H groups in total. The van der Waals surface area contributed by atoms with Gasteiger partial charge in [0.25, 0.3) is 5.91 Å². The SMILES string of the molecule is CSc1cccc(NC(=O)c2[nH]c3c(c2C)C(=O)CCC3)c1. The van der Waals surface area contributed by atoms with Crippen LogP contribution in [0.4, 0.5) is 5.69 Å². The Morgan fingerprint density at radius 3 is 2.86 bits per heavy atom. The molecule has 1 heterocycles. The lowest BCUT2D eigenvalue weighted by Crippen LogP contribution is -2.14. The van der Waals surface area contributed by atoms with Crippen LogP contribution in [-0.2, 0) is 6.42 Å². The van der Waals surface area contributed by atoms with Crippen LogP contribution in [0.3, 0.4) is 0 Å². The Morgan fingerprint density at radius 2 is 2.14 bits per heavy atom. The van der Waals surface area contributed by atoms with Crippen molar-refractivity contribution in [2.75, 3.05) is 11.6 Å². The Bertz CT molecular complexity index is 749. The van der Waals surface area contributed by atoms with Crippen LogP contribution < -0.4 is 5.32 Å². The van der Waals surface area contributed by atoms with E-state index in [-0.39, 0.29) is 11.7 Å². The van der Waals surface area contributed by atoms with Gasteiger partial charge in [0.2, 0.25) is 0 Å². The lowest BCUT2D eigenvalue weighted by atomic mass is 9.94. The smallest absolute Gasteiger partial charge is 0.272 e. The van der Waals surface area contributed by atoms with Crippen LogP contribution in [0.5, 0.6) is 0 Å². The number of aromatic amines is 1. The highest BCUT2D eigenvalue weighted by atomic mass is 32.2. The average molecular weight is 314 g/mol. The van der Waals surface area contributed by atoms with Gasteiger partial charge in [0.1, 0.15) is 5.69 Å². The first-order valence-electron chi connectivity index (χ1n) is 7.30. The second kappa shape index (κ2) is 6.01. The molecule has 0 radical (unpaired) electrons. The van der Waals surface area contributed by atoms with Crippen molar-refractivity contribution in [2.24, 2.45) is 0 Å². The fourth-order valence-corrected chi connectivity index (χ4v) is 3.36. The minimum Gasteiger partial charge on any atom is -0.354 e. The van der Waals surface area contributed by atoms with Crippen LogP contribution in [0.25, 0.3) is 0 Å². The summed E-state index contributed by atoms with van der Waals surface area (Å²) in [6, 6.07) is 7.71. The summed E-state index contributed by atoms with van der Waals surface area (Å²) in [4.78, 5) is 28.8. The van der Waals surface area contributed by atoms with Gasteiger partial charge in [-0.25, -0.2) is 0 Å². The number of ketones is 1. The normalized spacial score (nSPS) is 13.8. The van der Waals surface area contributed by atoms with Gasteiger partial charge in [0, 0.05) is 28.3 Å². The first kappa shape index (κ1) is 14.9. The highest BCUT2D eigenvalue weighted by Gasteiger charge is 2.26. The lowest BCUT2D eigenvalue weighted by molar-refractivity contribution is 0.0971. The first-order chi connectivity index (χ1) is 10.6. The van der Waals surface area contributed by atoms with Crippen molar-refractivity contribution >= 4 is 29.1 Å². The lowest BCUT2D eigenvalue weighted by Gasteiger charge is -2.09. The second-order valence-electron chi connectivity index (χ2n) is 5.44. The number of amides is 1. The maximum absolute atomic E-state index is 12.5. The van der Waals surface area contributed by atoms with E-state index in [1.54, 1.807) is 11.8 Å². The van der Waals surface area contributed by atoms with E-state index in [9.17, 15) is 9.59 Å². The molecular weight excluding hydrogens is 296 g/mol. The largest absolute Gasteiger partial charge is 0.354 e. The number of carbonyl (C=O) groups is 2. The summed E-state index contributed by atoms with van der Waals surface area (Å²) < 4.78 is 0. The molecule has 1 aliphatic carbocycles. The van der Waals surface area contributed by atoms with Crippen molar-refractivity contribution in [1.82, 2.24) is 4.98 Å². The van der Waals surface area contributed by atoms with Crippen molar-refractivity contribution in [3.8, 4) is 0 Å². The quantitative estimate of drug-likeness (QED) is 0.847. The van der Waals surface area contributed by atoms with Crippen LogP contribution in [0, 0.1) is 6.92 Å². The molecule has 114 valence electrons. The minimum atomic E-state index is -0.196. The number of aryl methyl sites for hydroxylation is 1. The van der Waals surface area contributed by atoms with Gasteiger partial charge < -0.3 is 10.3 Å². The Labute approximate surface area is 133 Å².